The molecule has 6 heteroatoms. The molecule has 2 aromatic carbocycles. The van der Waals surface area contributed by atoms with Gasteiger partial charge in [0.2, 0.25) is 6.54 Å². The summed E-state index contributed by atoms with van der Waals surface area (Å²) in [6, 6.07) is 15.2. The monoisotopic (exact) mass is 366 g/mol. The van der Waals surface area contributed by atoms with Crippen LogP contribution in [-0.4, -0.2) is 35.8 Å². The zero-order chi connectivity index (χ0) is 19.4. The van der Waals surface area contributed by atoms with E-state index in [9.17, 15) is 14.9 Å². The molecule has 1 heterocycles. The van der Waals surface area contributed by atoms with Crippen LogP contribution in [0.5, 0.6) is 0 Å². The number of benzene rings is 2. The Bertz CT molecular complexity index is 859. The molecule has 2 atom stereocenters. The van der Waals surface area contributed by atoms with Gasteiger partial charge in [0.25, 0.3) is 0 Å². The van der Waals surface area contributed by atoms with E-state index in [0.717, 1.165) is 22.3 Å². The maximum absolute atomic E-state index is 12.7. The molecule has 0 bridgehead atoms. The highest BCUT2D eigenvalue weighted by molar-refractivity contribution is 5.89. The average molecular weight is 366 g/mol. The van der Waals surface area contributed by atoms with Crippen LogP contribution in [0.4, 0.5) is 0 Å². The molecule has 1 aliphatic heterocycles. The van der Waals surface area contributed by atoms with Crippen LogP contribution < -0.4 is 0 Å². The second-order valence-electron chi connectivity index (χ2n) is 6.96. The van der Waals surface area contributed by atoms with Crippen LogP contribution in [0.3, 0.4) is 0 Å². The molecule has 3 rings (SSSR count). The average Bonchev–Trinajstić information content (AvgIpc) is 3.01. The van der Waals surface area contributed by atoms with Crippen molar-refractivity contribution in [2.24, 2.45) is 4.99 Å². The summed E-state index contributed by atoms with van der Waals surface area (Å²) >= 11 is 0. The van der Waals surface area contributed by atoms with Crippen LogP contribution in [0.1, 0.15) is 34.6 Å². The number of esters is 1. The lowest BCUT2D eigenvalue weighted by Crippen LogP contribution is -2.42. The van der Waals surface area contributed by atoms with Crippen LogP contribution in [0.2, 0.25) is 0 Å². The Kier molecular flexibility index (Phi) is 5.35. The molecule has 1 aliphatic rings. The van der Waals surface area contributed by atoms with E-state index in [2.05, 4.69) is 4.99 Å². The zero-order valence-corrected chi connectivity index (χ0v) is 15.4. The molecule has 0 amide bonds. The summed E-state index contributed by atoms with van der Waals surface area (Å²) < 4.78 is 5.21. The topological polar surface area (TPSA) is 81.8 Å². The fourth-order valence-electron chi connectivity index (χ4n) is 3.37. The second-order valence-corrected chi connectivity index (χ2v) is 6.96. The van der Waals surface area contributed by atoms with Gasteiger partial charge in [-0.3, -0.25) is 15.1 Å². The smallest absolute Gasteiger partial charge is 0.335 e. The highest BCUT2D eigenvalue weighted by atomic mass is 16.6. The quantitative estimate of drug-likeness (QED) is 0.339. The van der Waals surface area contributed by atoms with Crippen LogP contribution in [0.25, 0.3) is 0 Å². The van der Waals surface area contributed by atoms with E-state index in [0.29, 0.717) is 6.42 Å². The van der Waals surface area contributed by atoms with Crippen molar-refractivity contribution < 1.29 is 14.5 Å². The molecule has 2 aromatic rings. The van der Waals surface area contributed by atoms with Gasteiger partial charge in [0.1, 0.15) is 0 Å². The Balaban J connectivity index is 2.04. The second kappa shape index (κ2) is 7.70. The molecule has 0 N–H and O–H groups in total. The van der Waals surface area contributed by atoms with Gasteiger partial charge in [-0.15, -0.1) is 0 Å². The highest BCUT2D eigenvalue weighted by Crippen LogP contribution is 2.39. The largest absolute Gasteiger partial charge is 0.464 e. The zero-order valence-electron chi connectivity index (χ0n) is 15.4. The van der Waals surface area contributed by atoms with Gasteiger partial charge in [0, 0.05) is 17.6 Å². The molecular weight excluding hydrogens is 344 g/mol. The number of nitro groups is 1. The van der Waals surface area contributed by atoms with Crippen LogP contribution >= 0.6 is 0 Å². The molecule has 0 spiro atoms. The normalized spacial score (nSPS) is 20.6. The van der Waals surface area contributed by atoms with Gasteiger partial charge >= 0.3 is 5.97 Å². The third kappa shape index (κ3) is 4.05. The number of rotatable bonds is 6. The highest BCUT2D eigenvalue weighted by Gasteiger charge is 2.53. The number of aliphatic imine (C=N–C) groups is 1. The number of ether oxygens (including phenoxy) is 1. The number of aryl methyl sites for hydroxylation is 2. The number of hydrogen-bond acceptors (Lipinski definition) is 5. The Hall–Kier alpha value is -3.02. The Morgan fingerprint density at radius 1 is 1.15 bits per heavy atom. The minimum atomic E-state index is -1.28. The maximum Gasteiger partial charge on any atom is 0.335 e. The molecule has 140 valence electrons. The van der Waals surface area contributed by atoms with E-state index < -0.39 is 17.4 Å². The first kappa shape index (κ1) is 18.8. The van der Waals surface area contributed by atoms with Gasteiger partial charge < -0.3 is 4.74 Å². The van der Waals surface area contributed by atoms with E-state index in [4.69, 9.17) is 4.74 Å². The standard InChI is InChI=1S/C21H22N2O4/c1-15-3-7-17(8-4-15)13-22-21(11-12-27-20(21)24)19(14-23(25)26)18-9-5-16(2)6-10-18/h3-10,13,19H,11-12,14H2,1-2H3/t19-,21+/m0/s1. The van der Waals surface area contributed by atoms with Gasteiger partial charge in [-0.25, -0.2) is 4.79 Å². The molecule has 6 nitrogen and oxygen atoms in total. The summed E-state index contributed by atoms with van der Waals surface area (Å²) in [4.78, 5) is 28.2. The van der Waals surface area contributed by atoms with Crippen molar-refractivity contribution >= 4 is 12.2 Å². The summed E-state index contributed by atoms with van der Waals surface area (Å²) in [5.41, 5.74) is 2.44. The van der Waals surface area contributed by atoms with E-state index in [1.165, 1.54) is 0 Å². The predicted octanol–water partition coefficient (Wildman–Crippen LogP) is 3.47. The molecule has 0 aromatic heterocycles. The molecule has 1 saturated heterocycles. The van der Waals surface area contributed by atoms with Crippen molar-refractivity contribution in [2.75, 3.05) is 13.2 Å². The molecule has 0 aliphatic carbocycles. The number of nitrogens with zero attached hydrogens (tertiary/aromatic N) is 2. The van der Waals surface area contributed by atoms with Crippen molar-refractivity contribution in [3.63, 3.8) is 0 Å². The molecule has 27 heavy (non-hydrogen) atoms. The lowest BCUT2D eigenvalue weighted by molar-refractivity contribution is -0.484. The van der Waals surface area contributed by atoms with Crippen molar-refractivity contribution in [1.82, 2.24) is 0 Å². The van der Waals surface area contributed by atoms with Gasteiger partial charge in [-0.1, -0.05) is 59.7 Å². The fourth-order valence-corrected chi connectivity index (χ4v) is 3.37. The lowest BCUT2D eigenvalue weighted by atomic mass is 9.78. The summed E-state index contributed by atoms with van der Waals surface area (Å²) in [6.07, 6.45) is 1.94. The summed E-state index contributed by atoms with van der Waals surface area (Å²) in [7, 11) is 0. The third-order valence-corrected chi connectivity index (χ3v) is 4.98. The fraction of sp³-hybridized carbons (Fsp3) is 0.333. The molecule has 0 saturated carbocycles. The first-order valence-corrected chi connectivity index (χ1v) is 8.88. The number of cyclic esters (lactones) is 1. The Morgan fingerprint density at radius 3 is 2.26 bits per heavy atom. The van der Waals surface area contributed by atoms with Crippen molar-refractivity contribution in [3.05, 3.63) is 80.9 Å². The predicted molar refractivity (Wildman–Crippen MR) is 103 cm³/mol. The first-order valence-electron chi connectivity index (χ1n) is 8.88. The van der Waals surface area contributed by atoms with Crippen LogP contribution in [-0.2, 0) is 9.53 Å². The summed E-state index contributed by atoms with van der Waals surface area (Å²) in [5, 5.41) is 11.4. The number of hydrogen-bond donors (Lipinski definition) is 0. The van der Waals surface area contributed by atoms with Gasteiger partial charge in [-0.2, -0.15) is 0 Å². The molecule has 0 radical (unpaired) electrons. The van der Waals surface area contributed by atoms with Crippen molar-refractivity contribution in [3.8, 4) is 0 Å². The molecule has 0 unspecified atom stereocenters. The number of carbonyl (C=O) groups excluding carboxylic acids is 1. The van der Waals surface area contributed by atoms with Crippen molar-refractivity contribution in [2.45, 2.75) is 31.7 Å². The first-order chi connectivity index (χ1) is 12.9. The Labute approximate surface area is 158 Å². The maximum atomic E-state index is 12.7. The van der Waals surface area contributed by atoms with Gasteiger partial charge in [0.15, 0.2) is 5.54 Å². The van der Waals surface area contributed by atoms with E-state index in [1.807, 2.05) is 62.4 Å². The molecule has 1 fully saturated rings. The van der Waals surface area contributed by atoms with Gasteiger partial charge in [-0.05, 0) is 25.0 Å². The SMILES string of the molecule is Cc1ccc(C=N[C@@]2([C@@H](C[N+](=O)[O-])c3ccc(C)cc3)CCOC2=O)cc1. The third-order valence-electron chi connectivity index (χ3n) is 4.98. The summed E-state index contributed by atoms with van der Waals surface area (Å²) in [5.74, 6) is -1.19. The minimum absolute atomic E-state index is 0.212. The lowest BCUT2D eigenvalue weighted by Gasteiger charge is -2.28. The van der Waals surface area contributed by atoms with E-state index in [1.54, 1.807) is 6.21 Å². The summed E-state index contributed by atoms with van der Waals surface area (Å²) in [6.45, 7) is 3.76. The van der Waals surface area contributed by atoms with Crippen LogP contribution in [0, 0.1) is 24.0 Å². The van der Waals surface area contributed by atoms with Crippen LogP contribution in [0.15, 0.2) is 53.5 Å². The van der Waals surface area contributed by atoms with Crippen molar-refractivity contribution in [1.29, 1.82) is 0 Å². The molecular formula is C21H22N2O4. The number of carbonyl (C=O) groups is 1. The van der Waals surface area contributed by atoms with Gasteiger partial charge in [0.05, 0.1) is 12.5 Å². The van der Waals surface area contributed by atoms with E-state index >= 15 is 0 Å². The minimum Gasteiger partial charge on any atom is -0.464 e. The van der Waals surface area contributed by atoms with E-state index in [-0.39, 0.29) is 18.1 Å². The Morgan fingerprint density at radius 2 is 1.74 bits per heavy atom.